The van der Waals surface area contributed by atoms with Crippen LogP contribution in [0.2, 0.25) is 0 Å². The van der Waals surface area contributed by atoms with Gasteiger partial charge in [0.1, 0.15) is 18.0 Å². The van der Waals surface area contributed by atoms with E-state index < -0.39 is 18.2 Å². The summed E-state index contributed by atoms with van der Waals surface area (Å²) in [6, 6.07) is 0. The number of carbonyl (C=O) groups excluding carboxylic acids is 3. The largest absolute Gasteiger partial charge is 0.458 e. The lowest BCUT2D eigenvalue weighted by Gasteiger charge is -2.56. The fraction of sp³-hybridized carbons (Fsp3) is 0.696. The first-order chi connectivity index (χ1) is 13.0. The SMILES string of the molecule is C=C(C)[C@H]1C[C@@]2(C)[C@H](CC(=O)C[C@@H]2C)[C@H](OC(=O)C/C(C)=C\C)[C@@H]1OC(C)=O. The molecule has 156 valence electrons. The van der Waals surface area contributed by atoms with Gasteiger partial charge in [-0.05, 0) is 38.5 Å². The maximum Gasteiger partial charge on any atom is 0.310 e. The van der Waals surface area contributed by atoms with Crippen molar-refractivity contribution in [2.45, 2.75) is 79.4 Å². The Morgan fingerprint density at radius 1 is 1.18 bits per heavy atom. The molecule has 0 radical (unpaired) electrons. The summed E-state index contributed by atoms with van der Waals surface area (Å²) in [6.45, 7) is 15.4. The highest BCUT2D eigenvalue weighted by atomic mass is 16.6. The molecule has 0 heterocycles. The number of hydrogen-bond acceptors (Lipinski definition) is 5. The van der Waals surface area contributed by atoms with Gasteiger partial charge in [0.15, 0.2) is 0 Å². The number of allylic oxidation sites excluding steroid dienone is 1. The maximum absolute atomic E-state index is 12.6. The van der Waals surface area contributed by atoms with Gasteiger partial charge >= 0.3 is 11.9 Å². The van der Waals surface area contributed by atoms with Crippen LogP contribution in [-0.2, 0) is 23.9 Å². The summed E-state index contributed by atoms with van der Waals surface area (Å²) >= 11 is 0. The predicted molar refractivity (Wildman–Crippen MR) is 107 cm³/mol. The average molecular weight is 391 g/mol. The number of hydrogen-bond donors (Lipinski definition) is 0. The number of rotatable bonds is 5. The van der Waals surface area contributed by atoms with Crippen molar-refractivity contribution in [3.05, 3.63) is 23.8 Å². The minimum absolute atomic E-state index is 0.110. The smallest absolute Gasteiger partial charge is 0.310 e. The van der Waals surface area contributed by atoms with Gasteiger partial charge in [0.2, 0.25) is 0 Å². The lowest BCUT2D eigenvalue weighted by atomic mass is 9.51. The molecule has 2 rings (SSSR count). The summed E-state index contributed by atoms with van der Waals surface area (Å²) in [4.78, 5) is 36.9. The first-order valence-electron chi connectivity index (χ1n) is 10.1. The third-order valence-electron chi connectivity index (χ3n) is 6.85. The van der Waals surface area contributed by atoms with Crippen molar-refractivity contribution < 1.29 is 23.9 Å². The Morgan fingerprint density at radius 3 is 2.36 bits per heavy atom. The predicted octanol–water partition coefficient (Wildman–Crippen LogP) is 4.40. The number of carbonyl (C=O) groups is 3. The second-order valence-corrected chi connectivity index (χ2v) is 8.96. The van der Waals surface area contributed by atoms with E-state index in [1.807, 2.05) is 26.8 Å². The van der Waals surface area contributed by atoms with Crippen LogP contribution in [0.25, 0.3) is 0 Å². The number of ether oxygens (including phenoxy) is 2. The monoisotopic (exact) mass is 390 g/mol. The van der Waals surface area contributed by atoms with E-state index in [-0.39, 0.29) is 41.3 Å². The summed E-state index contributed by atoms with van der Waals surface area (Å²) in [5.74, 6) is -0.706. The fourth-order valence-electron chi connectivity index (χ4n) is 4.86. The molecule has 2 aliphatic rings. The van der Waals surface area contributed by atoms with Gasteiger partial charge < -0.3 is 9.47 Å². The van der Waals surface area contributed by atoms with Gasteiger partial charge in [0.25, 0.3) is 0 Å². The Balaban J connectivity index is 2.45. The minimum Gasteiger partial charge on any atom is -0.458 e. The quantitative estimate of drug-likeness (QED) is 0.514. The molecule has 6 atom stereocenters. The summed E-state index contributed by atoms with van der Waals surface area (Å²) < 4.78 is 11.6. The van der Waals surface area contributed by atoms with E-state index in [1.165, 1.54) is 6.92 Å². The zero-order valence-electron chi connectivity index (χ0n) is 18.0. The number of Topliss-reactive ketones (excluding diaryl/α,β-unsaturated/α-hetero) is 1. The normalized spacial score (nSPS) is 35.7. The molecule has 0 bridgehead atoms. The van der Waals surface area contributed by atoms with Gasteiger partial charge in [0, 0.05) is 31.6 Å². The number of fused-ring (bicyclic) bond motifs is 1. The molecule has 2 fully saturated rings. The molecular weight excluding hydrogens is 356 g/mol. The zero-order chi connectivity index (χ0) is 21.2. The van der Waals surface area contributed by atoms with Gasteiger partial charge in [-0.15, -0.1) is 0 Å². The third kappa shape index (κ3) is 4.56. The number of ketones is 1. The van der Waals surface area contributed by atoms with Crippen LogP contribution in [-0.4, -0.2) is 29.9 Å². The van der Waals surface area contributed by atoms with Crippen LogP contribution in [0, 0.1) is 23.2 Å². The molecule has 0 saturated heterocycles. The fourth-order valence-corrected chi connectivity index (χ4v) is 4.86. The van der Waals surface area contributed by atoms with E-state index in [0.717, 1.165) is 17.6 Å². The van der Waals surface area contributed by atoms with E-state index in [2.05, 4.69) is 20.4 Å². The first kappa shape index (κ1) is 22.4. The van der Waals surface area contributed by atoms with E-state index in [9.17, 15) is 14.4 Å². The highest BCUT2D eigenvalue weighted by Gasteiger charge is 2.58. The highest BCUT2D eigenvalue weighted by Crippen LogP contribution is 2.56. The lowest BCUT2D eigenvalue weighted by molar-refractivity contribution is -0.201. The average Bonchev–Trinajstić information content (AvgIpc) is 2.58. The Hall–Kier alpha value is -1.91. The molecule has 0 aliphatic heterocycles. The summed E-state index contributed by atoms with van der Waals surface area (Å²) in [6.07, 6.45) is 2.45. The molecule has 2 saturated carbocycles. The molecule has 0 unspecified atom stereocenters. The Bertz CT molecular complexity index is 691. The highest BCUT2D eigenvalue weighted by molar-refractivity contribution is 5.80. The molecule has 0 spiro atoms. The van der Waals surface area contributed by atoms with Gasteiger partial charge in [-0.2, -0.15) is 0 Å². The molecule has 28 heavy (non-hydrogen) atoms. The lowest BCUT2D eigenvalue weighted by Crippen LogP contribution is -2.59. The molecular formula is C23H34O5. The van der Waals surface area contributed by atoms with Crippen molar-refractivity contribution in [3.63, 3.8) is 0 Å². The van der Waals surface area contributed by atoms with Crippen molar-refractivity contribution in [3.8, 4) is 0 Å². The Morgan fingerprint density at radius 2 is 1.82 bits per heavy atom. The second kappa shape index (κ2) is 8.62. The molecule has 0 amide bonds. The number of esters is 2. The molecule has 0 N–H and O–H groups in total. The maximum atomic E-state index is 12.6. The van der Waals surface area contributed by atoms with Gasteiger partial charge in [-0.1, -0.05) is 37.6 Å². The minimum atomic E-state index is -0.645. The van der Waals surface area contributed by atoms with Crippen LogP contribution in [0.1, 0.15) is 67.2 Å². The molecule has 2 aliphatic carbocycles. The van der Waals surface area contributed by atoms with Crippen molar-refractivity contribution in [1.82, 2.24) is 0 Å². The Labute approximate surface area is 168 Å². The van der Waals surface area contributed by atoms with Crippen molar-refractivity contribution >= 4 is 17.7 Å². The van der Waals surface area contributed by atoms with E-state index >= 15 is 0 Å². The molecule has 0 aromatic carbocycles. The van der Waals surface area contributed by atoms with Crippen LogP contribution in [0.15, 0.2) is 23.8 Å². The van der Waals surface area contributed by atoms with E-state index in [1.54, 1.807) is 0 Å². The van der Waals surface area contributed by atoms with Crippen LogP contribution in [0.3, 0.4) is 0 Å². The molecule has 5 heteroatoms. The van der Waals surface area contributed by atoms with Crippen molar-refractivity contribution in [2.75, 3.05) is 0 Å². The van der Waals surface area contributed by atoms with E-state index in [0.29, 0.717) is 12.8 Å². The molecule has 0 aromatic rings. The third-order valence-corrected chi connectivity index (χ3v) is 6.85. The van der Waals surface area contributed by atoms with Gasteiger partial charge in [-0.25, -0.2) is 0 Å². The first-order valence-corrected chi connectivity index (χ1v) is 10.1. The van der Waals surface area contributed by atoms with Crippen LogP contribution >= 0.6 is 0 Å². The Kier molecular flexibility index (Phi) is 6.89. The van der Waals surface area contributed by atoms with Crippen LogP contribution < -0.4 is 0 Å². The topological polar surface area (TPSA) is 69.7 Å². The summed E-state index contributed by atoms with van der Waals surface area (Å²) in [5.41, 5.74) is 1.63. The van der Waals surface area contributed by atoms with Crippen LogP contribution in [0.4, 0.5) is 0 Å². The summed E-state index contributed by atoms with van der Waals surface area (Å²) in [5, 5.41) is 0. The van der Waals surface area contributed by atoms with Gasteiger partial charge in [0.05, 0.1) is 6.42 Å². The second-order valence-electron chi connectivity index (χ2n) is 8.96. The van der Waals surface area contributed by atoms with Crippen molar-refractivity contribution in [2.24, 2.45) is 23.2 Å². The summed E-state index contributed by atoms with van der Waals surface area (Å²) in [7, 11) is 0. The standard InChI is InChI=1S/C23H34O5/c1-8-14(4)9-20(26)28-22-19-11-17(25)10-15(5)23(19,7)12-18(13(2)3)21(22)27-16(6)24/h8,15,18-19,21-22H,2,9-12H2,1,3-7H3/b14-8-/t15-,18+,19+,21+,22-,23+/m0/s1. The van der Waals surface area contributed by atoms with Crippen LogP contribution in [0.5, 0.6) is 0 Å². The van der Waals surface area contributed by atoms with E-state index in [4.69, 9.17) is 9.47 Å². The van der Waals surface area contributed by atoms with Crippen molar-refractivity contribution in [1.29, 1.82) is 0 Å². The molecule has 5 nitrogen and oxygen atoms in total. The van der Waals surface area contributed by atoms with Gasteiger partial charge in [-0.3, -0.25) is 14.4 Å². The molecule has 0 aromatic heterocycles. The zero-order valence-corrected chi connectivity index (χ0v) is 18.0.